The first-order chi connectivity index (χ1) is 9.26. The van der Waals surface area contributed by atoms with Crippen LogP contribution in [-0.4, -0.2) is 48.3 Å². The minimum absolute atomic E-state index is 0.00835. The molecular formula is C14H27N3O3. The fourth-order valence-electron chi connectivity index (χ4n) is 1.68. The molecule has 0 aromatic carbocycles. The molecule has 0 bridgehead atoms. The summed E-state index contributed by atoms with van der Waals surface area (Å²) in [4.78, 5) is 36.8. The van der Waals surface area contributed by atoms with E-state index in [0.29, 0.717) is 13.0 Å². The van der Waals surface area contributed by atoms with Crippen LogP contribution >= 0.6 is 0 Å². The van der Waals surface area contributed by atoms with Crippen molar-refractivity contribution < 1.29 is 14.4 Å². The van der Waals surface area contributed by atoms with Gasteiger partial charge in [0.25, 0.3) is 0 Å². The van der Waals surface area contributed by atoms with Crippen LogP contribution in [0.1, 0.15) is 41.0 Å². The third-order valence-corrected chi connectivity index (χ3v) is 2.43. The number of hydrogen-bond acceptors (Lipinski definition) is 3. The maximum Gasteiger partial charge on any atom is 0.239 e. The van der Waals surface area contributed by atoms with Crippen LogP contribution in [-0.2, 0) is 14.4 Å². The molecule has 0 heterocycles. The lowest BCUT2D eigenvalue weighted by molar-refractivity contribution is -0.140. The zero-order chi connectivity index (χ0) is 15.7. The smallest absolute Gasteiger partial charge is 0.239 e. The van der Waals surface area contributed by atoms with Crippen molar-refractivity contribution >= 4 is 17.7 Å². The average molecular weight is 285 g/mol. The highest BCUT2D eigenvalue weighted by Crippen LogP contribution is 2.04. The molecule has 0 saturated carbocycles. The minimum Gasteiger partial charge on any atom is -0.355 e. The van der Waals surface area contributed by atoms with Gasteiger partial charge in [0.2, 0.25) is 17.7 Å². The number of hydrogen-bond donors (Lipinski definition) is 2. The second-order valence-corrected chi connectivity index (χ2v) is 5.52. The molecule has 0 aliphatic heterocycles. The lowest BCUT2D eigenvalue weighted by Crippen LogP contribution is -2.47. The summed E-state index contributed by atoms with van der Waals surface area (Å²) in [6, 6.07) is 0.00835. The first kappa shape index (κ1) is 18.4. The van der Waals surface area contributed by atoms with Gasteiger partial charge in [0.15, 0.2) is 0 Å². The van der Waals surface area contributed by atoms with Crippen LogP contribution in [0.5, 0.6) is 0 Å². The molecule has 0 aliphatic rings. The van der Waals surface area contributed by atoms with Gasteiger partial charge < -0.3 is 15.5 Å². The molecule has 6 heteroatoms. The van der Waals surface area contributed by atoms with Gasteiger partial charge in [-0.2, -0.15) is 0 Å². The fraction of sp³-hybridized carbons (Fsp3) is 0.786. The van der Waals surface area contributed by atoms with E-state index in [-0.39, 0.29) is 42.8 Å². The van der Waals surface area contributed by atoms with Crippen molar-refractivity contribution in [2.45, 2.75) is 47.1 Å². The molecule has 2 N–H and O–H groups in total. The summed E-state index contributed by atoms with van der Waals surface area (Å²) in [5, 5.41) is 5.36. The molecule has 0 rings (SSSR count). The molecular weight excluding hydrogens is 258 g/mol. The monoisotopic (exact) mass is 285 g/mol. The van der Waals surface area contributed by atoms with Crippen LogP contribution in [0.3, 0.4) is 0 Å². The van der Waals surface area contributed by atoms with Crippen molar-refractivity contribution in [3.8, 4) is 0 Å². The van der Waals surface area contributed by atoms with Crippen LogP contribution in [0.2, 0.25) is 0 Å². The molecule has 0 spiro atoms. The predicted molar refractivity (Wildman–Crippen MR) is 78.0 cm³/mol. The topological polar surface area (TPSA) is 78.5 Å². The van der Waals surface area contributed by atoms with Gasteiger partial charge in [-0.3, -0.25) is 14.4 Å². The molecule has 0 aromatic heterocycles. The SMILES string of the molecule is CCNC(=O)CN(CC(=O)NC(C)C)C(=O)CC(C)C. The highest BCUT2D eigenvalue weighted by atomic mass is 16.2. The Morgan fingerprint density at radius 1 is 1.00 bits per heavy atom. The summed E-state index contributed by atoms with van der Waals surface area (Å²) in [7, 11) is 0. The second-order valence-electron chi connectivity index (χ2n) is 5.52. The Morgan fingerprint density at radius 3 is 2.00 bits per heavy atom. The normalized spacial score (nSPS) is 10.6. The summed E-state index contributed by atoms with van der Waals surface area (Å²) in [6.45, 7) is 9.70. The molecule has 0 unspecified atom stereocenters. The zero-order valence-electron chi connectivity index (χ0n) is 13.2. The second kappa shape index (κ2) is 9.34. The zero-order valence-corrected chi connectivity index (χ0v) is 13.2. The first-order valence-electron chi connectivity index (χ1n) is 7.10. The van der Waals surface area contributed by atoms with Crippen molar-refractivity contribution in [3.05, 3.63) is 0 Å². The number of carbonyl (C=O) groups excluding carboxylic acids is 3. The number of carbonyl (C=O) groups is 3. The summed E-state index contributed by atoms with van der Waals surface area (Å²) in [5.41, 5.74) is 0. The molecule has 0 atom stereocenters. The van der Waals surface area contributed by atoms with E-state index in [1.165, 1.54) is 4.90 Å². The molecule has 0 aliphatic carbocycles. The molecule has 20 heavy (non-hydrogen) atoms. The summed E-state index contributed by atoms with van der Waals surface area (Å²) in [6.07, 6.45) is 0.328. The van der Waals surface area contributed by atoms with E-state index < -0.39 is 0 Å². The number of amides is 3. The molecule has 0 radical (unpaired) electrons. The lowest BCUT2D eigenvalue weighted by Gasteiger charge is -2.23. The van der Waals surface area contributed by atoms with Crippen molar-refractivity contribution in [2.75, 3.05) is 19.6 Å². The van der Waals surface area contributed by atoms with Crippen molar-refractivity contribution in [1.29, 1.82) is 0 Å². The van der Waals surface area contributed by atoms with Gasteiger partial charge in [-0.1, -0.05) is 13.8 Å². The average Bonchev–Trinajstić information content (AvgIpc) is 2.26. The van der Waals surface area contributed by atoms with Crippen LogP contribution in [0.25, 0.3) is 0 Å². The Balaban J connectivity index is 4.65. The standard InChI is InChI=1S/C14H27N3O3/c1-6-15-12(18)8-17(14(20)7-10(2)3)9-13(19)16-11(4)5/h10-11H,6-9H2,1-5H3,(H,15,18)(H,16,19). The van der Waals surface area contributed by atoms with Crippen LogP contribution < -0.4 is 10.6 Å². The quantitative estimate of drug-likeness (QED) is 0.682. The Morgan fingerprint density at radius 2 is 1.55 bits per heavy atom. The van der Waals surface area contributed by atoms with Gasteiger partial charge in [-0.25, -0.2) is 0 Å². The number of rotatable bonds is 8. The number of likely N-dealkylation sites (N-methyl/N-ethyl adjacent to an activating group) is 1. The first-order valence-corrected chi connectivity index (χ1v) is 7.10. The van der Waals surface area contributed by atoms with Gasteiger partial charge in [0.05, 0.1) is 0 Å². The Kier molecular flexibility index (Phi) is 8.59. The van der Waals surface area contributed by atoms with Crippen LogP contribution in [0, 0.1) is 5.92 Å². The Bertz CT molecular complexity index is 341. The highest BCUT2D eigenvalue weighted by Gasteiger charge is 2.20. The van der Waals surface area contributed by atoms with E-state index in [0.717, 1.165) is 0 Å². The van der Waals surface area contributed by atoms with Crippen LogP contribution in [0.15, 0.2) is 0 Å². The lowest BCUT2D eigenvalue weighted by atomic mass is 10.1. The highest BCUT2D eigenvalue weighted by molar-refractivity contribution is 5.89. The third-order valence-electron chi connectivity index (χ3n) is 2.43. The van der Waals surface area contributed by atoms with E-state index in [4.69, 9.17) is 0 Å². The third kappa shape index (κ3) is 8.50. The van der Waals surface area contributed by atoms with Gasteiger partial charge in [-0.05, 0) is 26.7 Å². The summed E-state index contributed by atoms with van der Waals surface area (Å²) >= 11 is 0. The fourth-order valence-corrected chi connectivity index (χ4v) is 1.68. The molecule has 0 fully saturated rings. The van der Waals surface area contributed by atoms with E-state index >= 15 is 0 Å². The number of nitrogens with one attached hydrogen (secondary N) is 2. The largest absolute Gasteiger partial charge is 0.355 e. The molecule has 3 amide bonds. The molecule has 0 aromatic rings. The Labute approximate surface area is 121 Å². The summed E-state index contributed by atoms with van der Waals surface area (Å²) in [5.74, 6) is -0.485. The van der Waals surface area contributed by atoms with Gasteiger partial charge >= 0.3 is 0 Å². The maximum absolute atomic E-state index is 12.1. The van der Waals surface area contributed by atoms with E-state index in [2.05, 4.69) is 10.6 Å². The molecule has 0 saturated heterocycles. The van der Waals surface area contributed by atoms with E-state index in [1.54, 1.807) is 0 Å². The van der Waals surface area contributed by atoms with Gasteiger partial charge in [0, 0.05) is 19.0 Å². The Hall–Kier alpha value is -1.59. The number of nitrogens with zero attached hydrogens (tertiary/aromatic N) is 1. The van der Waals surface area contributed by atoms with Crippen LogP contribution in [0.4, 0.5) is 0 Å². The van der Waals surface area contributed by atoms with Crippen molar-refractivity contribution in [2.24, 2.45) is 5.92 Å². The summed E-state index contributed by atoms with van der Waals surface area (Å²) < 4.78 is 0. The molecule has 6 nitrogen and oxygen atoms in total. The van der Waals surface area contributed by atoms with Crippen molar-refractivity contribution in [3.63, 3.8) is 0 Å². The maximum atomic E-state index is 12.1. The van der Waals surface area contributed by atoms with E-state index in [9.17, 15) is 14.4 Å². The van der Waals surface area contributed by atoms with E-state index in [1.807, 2.05) is 34.6 Å². The van der Waals surface area contributed by atoms with Gasteiger partial charge in [0.1, 0.15) is 13.1 Å². The van der Waals surface area contributed by atoms with Crippen molar-refractivity contribution in [1.82, 2.24) is 15.5 Å². The minimum atomic E-state index is -0.249. The molecule has 116 valence electrons. The predicted octanol–water partition coefficient (Wildman–Crippen LogP) is 0.522. The van der Waals surface area contributed by atoms with Gasteiger partial charge in [-0.15, -0.1) is 0 Å².